The summed E-state index contributed by atoms with van der Waals surface area (Å²) < 4.78 is 6.37. The molecule has 0 atom stereocenters. The lowest BCUT2D eigenvalue weighted by molar-refractivity contribution is -0.122. The number of ether oxygens (including phenoxy) is 1. The van der Waals surface area contributed by atoms with Crippen LogP contribution in [-0.4, -0.2) is 29.6 Å². The van der Waals surface area contributed by atoms with Crippen molar-refractivity contribution in [1.29, 1.82) is 0 Å². The van der Waals surface area contributed by atoms with E-state index in [0.717, 1.165) is 4.90 Å². The van der Waals surface area contributed by atoms with Gasteiger partial charge in [-0.1, -0.05) is 15.9 Å². The second kappa shape index (κ2) is 8.15. The molecule has 1 fully saturated rings. The van der Waals surface area contributed by atoms with Crippen LogP contribution < -0.4 is 15.0 Å². The van der Waals surface area contributed by atoms with Gasteiger partial charge in [-0.05, 0) is 65.3 Å². The van der Waals surface area contributed by atoms with Crippen LogP contribution in [-0.2, 0) is 9.59 Å². The van der Waals surface area contributed by atoms with E-state index in [9.17, 15) is 19.5 Å². The van der Waals surface area contributed by atoms with E-state index in [1.807, 2.05) is 6.92 Å². The van der Waals surface area contributed by atoms with Crippen molar-refractivity contribution >= 4 is 61.5 Å². The molecule has 9 heteroatoms. The minimum Gasteiger partial charge on any atom is -0.506 e. The van der Waals surface area contributed by atoms with Crippen LogP contribution in [0.4, 0.5) is 10.5 Å². The number of halogens is 2. The number of hydrogen-bond acceptors (Lipinski definition) is 5. The Bertz CT molecular complexity index is 1000. The molecule has 1 heterocycles. The van der Waals surface area contributed by atoms with E-state index in [2.05, 4.69) is 37.2 Å². The van der Waals surface area contributed by atoms with E-state index < -0.39 is 17.8 Å². The number of carbonyl (C=O) groups excluding carboxylic acids is 3. The zero-order valence-corrected chi connectivity index (χ0v) is 17.7. The van der Waals surface area contributed by atoms with Crippen molar-refractivity contribution in [3.63, 3.8) is 0 Å². The zero-order valence-electron chi connectivity index (χ0n) is 14.5. The maximum atomic E-state index is 12.9. The summed E-state index contributed by atoms with van der Waals surface area (Å²) in [6.07, 6.45) is 1.23. The highest BCUT2D eigenvalue weighted by atomic mass is 79.9. The first-order chi connectivity index (χ1) is 13.3. The molecular formula is C19H14Br2N2O5. The largest absolute Gasteiger partial charge is 0.506 e. The van der Waals surface area contributed by atoms with E-state index in [0.29, 0.717) is 21.3 Å². The van der Waals surface area contributed by atoms with Crippen molar-refractivity contribution in [3.8, 4) is 11.5 Å². The van der Waals surface area contributed by atoms with Crippen molar-refractivity contribution in [1.82, 2.24) is 5.32 Å². The molecule has 2 aromatic carbocycles. The molecule has 28 heavy (non-hydrogen) atoms. The number of barbiturate groups is 1. The summed E-state index contributed by atoms with van der Waals surface area (Å²) in [5.41, 5.74) is 0.235. The Labute approximate surface area is 177 Å². The Morgan fingerprint density at radius 3 is 2.46 bits per heavy atom. The summed E-state index contributed by atoms with van der Waals surface area (Å²) >= 11 is 6.49. The minimum atomic E-state index is -0.851. The first-order valence-electron chi connectivity index (χ1n) is 8.14. The fourth-order valence-electron chi connectivity index (χ4n) is 2.60. The number of urea groups is 1. The van der Waals surface area contributed by atoms with Gasteiger partial charge in [0, 0.05) is 10.0 Å². The number of aromatic hydroxyl groups is 1. The number of anilines is 1. The normalized spacial score (nSPS) is 15.8. The number of imide groups is 2. The summed E-state index contributed by atoms with van der Waals surface area (Å²) in [7, 11) is 0. The van der Waals surface area contributed by atoms with Crippen molar-refractivity contribution in [3.05, 3.63) is 56.5 Å². The van der Waals surface area contributed by atoms with E-state index in [-0.39, 0.29) is 22.6 Å². The third-order valence-corrected chi connectivity index (χ3v) is 4.93. The van der Waals surface area contributed by atoms with E-state index in [1.54, 1.807) is 36.4 Å². The Morgan fingerprint density at radius 2 is 1.82 bits per heavy atom. The lowest BCUT2D eigenvalue weighted by Crippen LogP contribution is -2.54. The van der Waals surface area contributed by atoms with Crippen LogP contribution in [0.25, 0.3) is 6.08 Å². The molecule has 4 amide bonds. The fraction of sp³-hybridized carbons (Fsp3) is 0.105. The summed E-state index contributed by atoms with van der Waals surface area (Å²) in [4.78, 5) is 38.2. The number of phenols is 1. The maximum Gasteiger partial charge on any atom is 0.335 e. The smallest absolute Gasteiger partial charge is 0.335 e. The fourth-order valence-corrected chi connectivity index (χ4v) is 3.86. The molecule has 0 aliphatic carbocycles. The van der Waals surface area contributed by atoms with E-state index >= 15 is 0 Å². The van der Waals surface area contributed by atoms with Gasteiger partial charge in [0.1, 0.15) is 17.1 Å². The van der Waals surface area contributed by atoms with Crippen LogP contribution in [0.1, 0.15) is 12.5 Å². The molecule has 1 aliphatic rings. The molecule has 0 saturated carbocycles. The molecule has 2 N–H and O–H groups in total. The van der Waals surface area contributed by atoms with Crippen LogP contribution in [0.2, 0.25) is 0 Å². The highest BCUT2D eigenvalue weighted by Crippen LogP contribution is 2.34. The molecule has 7 nitrogen and oxygen atoms in total. The summed E-state index contributed by atoms with van der Waals surface area (Å²) in [6.45, 7) is 2.32. The van der Waals surface area contributed by atoms with Crippen molar-refractivity contribution in [2.24, 2.45) is 0 Å². The number of phenolic OH excluding ortho intramolecular Hbond substituents is 1. The van der Waals surface area contributed by atoms with Crippen molar-refractivity contribution < 1.29 is 24.2 Å². The number of nitrogens with zero attached hydrogens (tertiary/aromatic N) is 1. The molecule has 144 valence electrons. The topological polar surface area (TPSA) is 95.9 Å². The molecule has 0 bridgehead atoms. The average molecular weight is 510 g/mol. The quantitative estimate of drug-likeness (QED) is 0.480. The Morgan fingerprint density at radius 1 is 1.14 bits per heavy atom. The number of rotatable bonds is 4. The molecule has 0 aromatic heterocycles. The Balaban J connectivity index is 2.01. The standard InChI is InChI=1S/C19H14Br2N2O5/c1-2-28-13-5-3-12(4-6-13)23-18(26)14(17(25)22-19(23)27)8-10-7-11(20)9-15(21)16(10)24/h3-9,24H,2H2,1H3,(H,22,25,27)/b14-8-. The molecule has 0 spiro atoms. The molecular weight excluding hydrogens is 496 g/mol. The lowest BCUT2D eigenvalue weighted by Gasteiger charge is -2.26. The molecule has 1 aliphatic heterocycles. The average Bonchev–Trinajstić information content (AvgIpc) is 2.64. The predicted molar refractivity (Wildman–Crippen MR) is 110 cm³/mol. The van der Waals surface area contributed by atoms with Gasteiger partial charge >= 0.3 is 6.03 Å². The number of carbonyl (C=O) groups is 3. The number of benzene rings is 2. The monoisotopic (exact) mass is 508 g/mol. The van der Waals surface area contributed by atoms with Crippen LogP contribution in [0, 0.1) is 0 Å². The van der Waals surface area contributed by atoms with E-state index in [4.69, 9.17) is 4.74 Å². The van der Waals surface area contributed by atoms with Gasteiger partial charge in [0.25, 0.3) is 11.8 Å². The second-order valence-corrected chi connectivity index (χ2v) is 7.48. The number of amides is 4. The van der Waals surface area contributed by atoms with Crippen LogP contribution in [0.3, 0.4) is 0 Å². The number of nitrogens with one attached hydrogen (secondary N) is 1. The molecule has 2 aromatic rings. The summed E-state index contributed by atoms with van der Waals surface area (Å²) in [5.74, 6) is -1.19. The SMILES string of the molecule is CCOc1ccc(N2C(=O)NC(=O)/C(=C/c3cc(Br)cc(Br)c3O)C2=O)cc1. The van der Waals surface area contributed by atoms with Gasteiger partial charge < -0.3 is 9.84 Å². The predicted octanol–water partition coefficient (Wildman–Crippen LogP) is 3.98. The van der Waals surface area contributed by atoms with Gasteiger partial charge in [-0.15, -0.1) is 0 Å². The Hall–Kier alpha value is -2.65. The highest BCUT2D eigenvalue weighted by molar-refractivity contribution is 9.11. The van der Waals surface area contributed by atoms with Gasteiger partial charge in [-0.25, -0.2) is 9.69 Å². The van der Waals surface area contributed by atoms with Crippen LogP contribution in [0.5, 0.6) is 11.5 Å². The Kier molecular flexibility index (Phi) is 5.85. The molecule has 3 rings (SSSR count). The van der Waals surface area contributed by atoms with E-state index in [1.165, 1.54) is 6.08 Å². The van der Waals surface area contributed by atoms with Gasteiger partial charge in [0.05, 0.1) is 16.8 Å². The first kappa shape index (κ1) is 20.1. The van der Waals surface area contributed by atoms with Gasteiger partial charge in [0.2, 0.25) is 0 Å². The summed E-state index contributed by atoms with van der Waals surface area (Å²) in [5, 5.41) is 12.3. The molecule has 1 saturated heterocycles. The third kappa shape index (κ3) is 3.95. The van der Waals surface area contributed by atoms with Gasteiger partial charge in [-0.3, -0.25) is 14.9 Å². The molecule has 0 radical (unpaired) electrons. The number of hydrogen-bond donors (Lipinski definition) is 2. The van der Waals surface area contributed by atoms with Crippen molar-refractivity contribution in [2.45, 2.75) is 6.92 Å². The van der Waals surface area contributed by atoms with Gasteiger partial charge in [-0.2, -0.15) is 0 Å². The summed E-state index contributed by atoms with van der Waals surface area (Å²) in [6, 6.07) is 8.65. The second-order valence-electron chi connectivity index (χ2n) is 5.71. The highest BCUT2D eigenvalue weighted by Gasteiger charge is 2.37. The zero-order chi connectivity index (χ0) is 20.4. The van der Waals surface area contributed by atoms with Gasteiger partial charge in [0.15, 0.2) is 0 Å². The first-order valence-corrected chi connectivity index (χ1v) is 9.72. The molecule has 0 unspecified atom stereocenters. The lowest BCUT2D eigenvalue weighted by atomic mass is 10.1. The van der Waals surface area contributed by atoms with Crippen molar-refractivity contribution in [2.75, 3.05) is 11.5 Å². The maximum absolute atomic E-state index is 12.9. The van der Waals surface area contributed by atoms with Crippen LogP contribution in [0.15, 0.2) is 50.9 Å². The third-order valence-electron chi connectivity index (χ3n) is 3.87. The minimum absolute atomic E-state index is 0.138. The van der Waals surface area contributed by atoms with Crippen LogP contribution >= 0.6 is 31.9 Å².